The molecule has 0 fully saturated rings. The number of carbonyl (C=O) groups is 2. The number of nitriles is 2. The Labute approximate surface area is 200 Å². The Bertz CT molecular complexity index is 1800. The van der Waals surface area contributed by atoms with Crippen LogP contribution in [0.3, 0.4) is 0 Å². The molecule has 6 heteroatoms. The van der Waals surface area contributed by atoms with Crippen molar-refractivity contribution >= 4 is 33.6 Å². The van der Waals surface area contributed by atoms with Gasteiger partial charge in [-0.2, -0.15) is 10.5 Å². The summed E-state index contributed by atoms with van der Waals surface area (Å²) in [6, 6.07) is 28.5. The lowest BCUT2D eigenvalue weighted by molar-refractivity contribution is 0.0693. The molecule has 0 unspecified atom stereocenters. The van der Waals surface area contributed by atoms with Crippen LogP contribution in [-0.2, 0) is 0 Å². The first kappa shape index (κ1) is 20.4. The summed E-state index contributed by atoms with van der Waals surface area (Å²) in [7, 11) is 1.50. The van der Waals surface area contributed by atoms with Gasteiger partial charge in [-0.1, -0.05) is 30.3 Å². The number of hydrogen-bond acceptors (Lipinski definition) is 4. The number of benzene rings is 4. The topological polar surface area (TPSA) is 89.9 Å². The lowest BCUT2D eigenvalue weighted by Gasteiger charge is -2.12. The summed E-state index contributed by atoms with van der Waals surface area (Å²) in [5.41, 5.74) is 5.74. The largest absolute Gasteiger partial charge is 0.308 e. The summed E-state index contributed by atoms with van der Waals surface area (Å²) in [5.74, 6) is -0.624. The molecule has 4 aromatic carbocycles. The summed E-state index contributed by atoms with van der Waals surface area (Å²) < 4.78 is 2.02. The minimum Gasteiger partial charge on any atom is -0.308 e. The Hall–Kier alpha value is -5.20. The summed E-state index contributed by atoms with van der Waals surface area (Å²) in [6.07, 6.45) is 0. The third kappa shape index (κ3) is 2.88. The highest BCUT2D eigenvalue weighted by Gasteiger charge is 2.35. The van der Waals surface area contributed by atoms with E-state index in [0.29, 0.717) is 27.9 Å². The Balaban J connectivity index is 1.66. The van der Waals surface area contributed by atoms with E-state index in [1.54, 1.807) is 30.3 Å². The van der Waals surface area contributed by atoms with Gasteiger partial charge in [0, 0.05) is 17.8 Å². The molecule has 0 N–H and O–H groups in total. The van der Waals surface area contributed by atoms with Gasteiger partial charge < -0.3 is 4.57 Å². The summed E-state index contributed by atoms with van der Waals surface area (Å²) >= 11 is 0. The lowest BCUT2D eigenvalue weighted by Crippen LogP contribution is -2.24. The molecule has 2 amide bonds. The number of hydrogen-bond donors (Lipinski definition) is 0. The number of imide groups is 1. The molecule has 35 heavy (non-hydrogen) atoms. The van der Waals surface area contributed by atoms with Crippen molar-refractivity contribution in [2.45, 2.75) is 0 Å². The first-order chi connectivity index (χ1) is 17.0. The molecule has 164 valence electrons. The second-order valence-electron chi connectivity index (χ2n) is 8.48. The second kappa shape index (κ2) is 7.41. The van der Waals surface area contributed by atoms with E-state index in [4.69, 9.17) is 0 Å². The van der Waals surface area contributed by atoms with Gasteiger partial charge in [0.1, 0.15) is 0 Å². The van der Waals surface area contributed by atoms with Crippen LogP contribution in [0.1, 0.15) is 31.8 Å². The van der Waals surface area contributed by atoms with Crippen molar-refractivity contribution in [3.63, 3.8) is 0 Å². The van der Waals surface area contributed by atoms with E-state index in [1.807, 2.05) is 53.1 Å². The molecule has 2 heterocycles. The molecule has 5 aromatic rings. The summed E-state index contributed by atoms with van der Waals surface area (Å²) in [6.45, 7) is 0. The van der Waals surface area contributed by atoms with Gasteiger partial charge >= 0.3 is 0 Å². The van der Waals surface area contributed by atoms with Crippen molar-refractivity contribution in [1.29, 1.82) is 10.5 Å². The Kier molecular flexibility index (Phi) is 4.32. The average Bonchev–Trinajstić information content (AvgIpc) is 3.35. The molecule has 0 saturated heterocycles. The number of carbonyl (C=O) groups excluding carboxylic acids is 2. The standard InChI is InChI=1S/C29H16N4O2/c1-32-28(34)22-6-4-8-26(27(22)29(32)35)33-24-7-3-2-5-21(24)23-14-19(9-10-25(23)33)20-12-17(15-30)11-18(13-20)16-31/h2-14H,1H3. The predicted molar refractivity (Wildman–Crippen MR) is 132 cm³/mol. The number of aromatic nitrogens is 1. The van der Waals surface area contributed by atoms with Crippen molar-refractivity contribution in [2.24, 2.45) is 0 Å². The first-order valence-electron chi connectivity index (χ1n) is 11.0. The van der Waals surface area contributed by atoms with Crippen LogP contribution in [0.4, 0.5) is 0 Å². The maximum atomic E-state index is 13.0. The van der Waals surface area contributed by atoms with Crippen LogP contribution in [0, 0.1) is 22.7 Å². The third-order valence-electron chi connectivity index (χ3n) is 6.53. The minimum absolute atomic E-state index is 0.305. The Morgan fingerprint density at radius 1 is 0.686 bits per heavy atom. The molecular formula is C29H16N4O2. The monoisotopic (exact) mass is 452 g/mol. The molecule has 0 radical (unpaired) electrons. The number of fused-ring (bicyclic) bond motifs is 4. The Morgan fingerprint density at radius 2 is 1.40 bits per heavy atom. The molecule has 0 atom stereocenters. The second-order valence-corrected chi connectivity index (χ2v) is 8.48. The van der Waals surface area contributed by atoms with Gasteiger partial charge in [0.05, 0.1) is 51.1 Å². The van der Waals surface area contributed by atoms with Crippen LogP contribution in [0.25, 0.3) is 38.6 Å². The zero-order valence-corrected chi connectivity index (χ0v) is 18.6. The van der Waals surface area contributed by atoms with E-state index in [-0.39, 0.29) is 11.8 Å². The fourth-order valence-corrected chi connectivity index (χ4v) is 4.91. The molecule has 1 aliphatic rings. The van der Waals surface area contributed by atoms with Crippen molar-refractivity contribution in [1.82, 2.24) is 9.47 Å². The molecule has 0 aliphatic carbocycles. The molecule has 0 saturated carbocycles. The van der Waals surface area contributed by atoms with Gasteiger partial charge in [-0.05, 0) is 59.7 Å². The van der Waals surface area contributed by atoms with Gasteiger partial charge in [0.25, 0.3) is 11.8 Å². The average molecular weight is 452 g/mol. The van der Waals surface area contributed by atoms with Gasteiger partial charge in [0.2, 0.25) is 0 Å². The number of para-hydroxylation sites is 1. The van der Waals surface area contributed by atoms with E-state index < -0.39 is 0 Å². The van der Waals surface area contributed by atoms with Crippen LogP contribution in [0.5, 0.6) is 0 Å². The highest BCUT2D eigenvalue weighted by Crippen LogP contribution is 2.37. The van der Waals surface area contributed by atoms with E-state index in [0.717, 1.165) is 37.8 Å². The van der Waals surface area contributed by atoms with Crippen LogP contribution in [0.2, 0.25) is 0 Å². The quantitative estimate of drug-likeness (QED) is 0.335. The van der Waals surface area contributed by atoms with Crippen LogP contribution < -0.4 is 0 Å². The number of nitrogens with zero attached hydrogens (tertiary/aromatic N) is 4. The number of amides is 2. The molecule has 1 aliphatic heterocycles. The fourth-order valence-electron chi connectivity index (χ4n) is 4.91. The normalized spacial score (nSPS) is 12.7. The van der Waals surface area contributed by atoms with E-state index in [9.17, 15) is 20.1 Å². The van der Waals surface area contributed by atoms with Gasteiger partial charge in [-0.25, -0.2) is 0 Å². The number of rotatable bonds is 2. The summed E-state index contributed by atoms with van der Waals surface area (Å²) in [4.78, 5) is 26.8. The van der Waals surface area contributed by atoms with Crippen molar-refractivity contribution in [3.05, 3.63) is 101 Å². The third-order valence-corrected chi connectivity index (χ3v) is 6.53. The fraction of sp³-hybridized carbons (Fsp3) is 0.0345. The highest BCUT2D eigenvalue weighted by atomic mass is 16.2. The zero-order chi connectivity index (χ0) is 24.3. The van der Waals surface area contributed by atoms with Crippen molar-refractivity contribution in [2.75, 3.05) is 7.05 Å². The van der Waals surface area contributed by atoms with Gasteiger partial charge in [-0.3, -0.25) is 14.5 Å². The van der Waals surface area contributed by atoms with E-state index >= 15 is 0 Å². The van der Waals surface area contributed by atoms with Crippen LogP contribution >= 0.6 is 0 Å². The maximum Gasteiger partial charge on any atom is 0.263 e. The molecule has 6 rings (SSSR count). The summed E-state index contributed by atoms with van der Waals surface area (Å²) in [5, 5.41) is 20.7. The highest BCUT2D eigenvalue weighted by molar-refractivity contribution is 6.23. The maximum absolute atomic E-state index is 13.0. The lowest BCUT2D eigenvalue weighted by atomic mass is 9.99. The van der Waals surface area contributed by atoms with Gasteiger partial charge in [0.15, 0.2) is 0 Å². The van der Waals surface area contributed by atoms with E-state index in [2.05, 4.69) is 12.1 Å². The molecule has 6 nitrogen and oxygen atoms in total. The molecular weight excluding hydrogens is 436 g/mol. The SMILES string of the molecule is CN1C(=O)c2cccc(-n3c4ccccc4c4cc(-c5cc(C#N)cc(C#N)c5)ccc43)c2C1=O. The van der Waals surface area contributed by atoms with Crippen LogP contribution in [-0.4, -0.2) is 28.3 Å². The molecule has 1 aromatic heterocycles. The molecule has 0 spiro atoms. The smallest absolute Gasteiger partial charge is 0.263 e. The van der Waals surface area contributed by atoms with Crippen molar-refractivity contribution < 1.29 is 9.59 Å². The zero-order valence-electron chi connectivity index (χ0n) is 18.6. The van der Waals surface area contributed by atoms with Crippen LogP contribution in [0.15, 0.2) is 78.9 Å². The first-order valence-corrected chi connectivity index (χ1v) is 11.0. The van der Waals surface area contributed by atoms with E-state index in [1.165, 1.54) is 7.05 Å². The Morgan fingerprint density at radius 3 is 2.14 bits per heavy atom. The van der Waals surface area contributed by atoms with Crippen molar-refractivity contribution in [3.8, 4) is 29.0 Å². The predicted octanol–water partition coefficient (Wildman–Crippen LogP) is 5.42. The minimum atomic E-state index is -0.319. The van der Waals surface area contributed by atoms with Gasteiger partial charge in [-0.15, -0.1) is 0 Å². The molecule has 0 bridgehead atoms.